The molecule has 0 unspecified atom stereocenters. The highest BCUT2D eigenvalue weighted by molar-refractivity contribution is 7.92. The van der Waals surface area contributed by atoms with Crippen molar-refractivity contribution in [3.63, 3.8) is 0 Å². The van der Waals surface area contributed by atoms with Gasteiger partial charge >= 0.3 is 0 Å². The normalized spacial score (nSPS) is 10.7. The van der Waals surface area contributed by atoms with Gasteiger partial charge in [0.2, 0.25) is 0 Å². The summed E-state index contributed by atoms with van der Waals surface area (Å²) in [5.74, 6) is 0.397. The molecule has 3 N–H and O–H groups in total. The number of anilines is 2. The molecule has 0 saturated heterocycles. The Bertz CT molecular complexity index is 810. The predicted octanol–water partition coefficient (Wildman–Crippen LogP) is 1.95. The number of para-hydroxylation sites is 2. The van der Waals surface area contributed by atoms with Gasteiger partial charge in [0.15, 0.2) is 0 Å². The molecule has 0 amide bonds. The number of nitriles is 1. The summed E-state index contributed by atoms with van der Waals surface area (Å²) in [6.45, 7) is 0. The fourth-order valence-electron chi connectivity index (χ4n) is 1.79. The van der Waals surface area contributed by atoms with Crippen molar-refractivity contribution >= 4 is 21.4 Å². The number of benzene rings is 2. The summed E-state index contributed by atoms with van der Waals surface area (Å²) in [6.07, 6.45) is 0. The van der Waals surface area contributed by atoms with Crippen LogP contribution in [0.3, 0.4) is 0 Å². The van der Waals surface area contributed by atoms with Crippen molar-refractivity contribution in [1.82, 2.24) is 0 Å². The highest BCUT2D eigenvalue weighted by Crippen LogP contribution is 2.28. The number of nitrogen functional groups attached to an aromatic ring is 1. The minimum atomic E-state index is -3.87. The first-order valence-corrected chi connectivity index (χ1v) is 7.41. The Kier molecular flexibility index (Phi) is 4.00. The van der Waals surface area contributed by atoms with Crippen molar-refractivity contribution in [3.8, 4) is 11.8 Å². The molecule has 0 bridgehead atoms. The van der Waals surface area contributed by atoms with Gasteiger partial charge < -0.3 is 10.5 Å². The third-order valence-corrected chi connectivity index (χ3v) is 4.22. The summed E-state index contributed by atoms with van der Waals surface area (Å²) in [4.78, 5) is -0.0904. The van der Waals surface area contributed by atoms with Crippen LogP contribution in [0.1, 0.15) is 5.56 Å². The average molecular weight is 303 g/mol. The first-order valence-electron chi connectivity index (χ1n) is 5.93. The molecule has 2 rings (SSSR count). The number of sulfonamides is 1. The smallest absolute Gasteiger partial charge is 0.264 e. The number of hydrogen-bond donors (Lipinski definition) is 2. The van der Waals surface area contributed by atoms with E-state index in [2.05, 4.69) is 4.72 Å². The van der Waals surface area contributed by atoms with Crippen LogP contribution < -0.4 is 15.2 Å². The monoisotopic (exact) mass is 303 g/mol. The maximum atomic E-state index is 12.4. The first kappa shape index (κ1) is 14.7. The van der Waals surface area contributed by atoms with Gasteiger partial charge in [-0.1, -0.05) is 12.1 Å². The van der Waals surface area contributed by atoms with Gasteiger partial charge in [0.05, 0.1) is 30.1 Å². The number of nitrogens with one attached hydrogen (secondary N) is 1. The minimum absolute atomic E-state index is 0.0106. The van der Waals surface area contributed by atoms with E-state index in [9.17, 15) is 8.42 Å². The third kappa shape index (κ3) is 3.07. The van der Waals surface area contributed by atoms with Crippen molar-refractivity contribution in [2.24, 2.45) is 0 Å². The summed E-state index contributed by atoms with van der Waals surface area (Å²) >= 11 is 0. The molecule has 21 heavy (non-hydrogen) atoms. The fourth-order valence-corrected chi connectivity index (χ4v) is 2.98. The van der Waals surface area contributed by atoms with Crippen LogP contribution in [0.2, 0.25) is 0 Å². The maximum Gasteiger partial charge on any atom is 0.264 e. The predicted molar refractivity (Wildman–Crippen MR) is 79.4 cm³/mol. The molecule has 7 heteroatoms. The van der Waals surface area contributed by atoms with Gasteiger partial charge in [-0.3, -0.25) is 4.72 Å². The van der Waals surface area contributed by atoms with Crippen LogP contribution in [0, 0.1) is 11.3 Å². The highest BCUT2D eigenvalue weighted by Gasteiger charge is 2.19. The Morgan fingerprint density at radius 1 is 1.24 bits per heavy atom. The molecular weight excluding hydrogens is 290 g/mol. The Hall–Kier alpha value is -2.72. The van der Waals surface area contributed by atoms with Gasteiger partial charge in [-0.25, -0.2) is 8.42 Å². The van der Waals surface area contributed by atoms with Gasteiger partial charge in [-0.05, 0) is 30.3 Å². The zero-order valence-electron chi connectivity index (χ0n) is 11.2. The standard InChI is InChI=1S/C14H13N3O3S/c1-20-13-5-3-2-4-12(13)17-21(18,19)14-7-6-10(9-15)8-11(14)16/h2-8,17H,16H2,1H3. The molecule has 108 valence electrons. The van der Waals surface area contributed by atoms with Gasteiger partial charge in [0, 0.05) is 0 Å². The summed E-state index contributed by atoms with van der Waals surface area (Å²) < 4.78 is 32.2. The SMILES string of the molecule is COc1ccccc1NS(=O)(=O)c1ccc(C#N)cc1N. The third-order valence-electron chi connectivity index (χ3n) is 2.78. The number of nitrogens with two attached hydrogens (primary N) is 1. The van der Waals surface area contributed by atoms with E-state index in [1.807, 2.05) is 6.07 Å². The summed E-state index contributed by atoms with van der Waals surface area (Å²) in [5, 5.41) is 8.77. The number of hydrogen-bond acceptors (Lipinski definition) is 5. The first-order chi connectivity index (χ1) is 9.97. The molecular formula is C14H13N3O3S. The Balaban J connectivity index is 2.42. The van der Waals surface area contributed by atoms with Gasteiger partial charge in [0.25, 0.3) is 10.0 Å². The second-order valence-electron chi connectivity index (χ2n) is 4.17. The molecule has 0 saturated carbocycles. The molecule has 0 fully saturated rings. The van der Waals surface area contributed by atoms with Crippen LogP contribution in [0.25, 0.3) is 0 Å². The van der Waals surface area contributed by atoms with Gasteiger partial charge in [0.1, 0.15) is 10.6 Å². The summed E-state index contributed by atoms with van der Waals surface area (Å²) in [7, 11) is -2.42. The van der Waals surface area contributed by atoms with E-state index in [0.29, 0.717) is 17.0 Å². The molecule has 0 atom stereocenters. The average Bonchev–Trinajstić information content (AvgIpc) is 2.47. The molecule has 0 radical (unpaired) electrons. The lowest BCUT2D eigenvalue weighted by Crippen LogP contribution is -2.15. The van der Waals surface area contributed by atoms with Crippen molar-refractivity contribution in [2.75, 3.05) is 17.6 Å². The number of rotatable bonds is 4. The quantitative estimate of drug-likeness (QED) is 0.840. The zero-order valence-corrected chi connectivity index (χ0v) is 12.0. The maximum absolute atomic E-state index is 12.4. The molecule has 2 aromatic rings. The van der Waals surface area contributed by atoms with Gasteiger partial charge in [-0.15, -0.1) is 0 Å². The van der Waals surface area contributed by atoms with Crippen LogP contribution in [0.4, 0.5) is 11.4 Å². The van der Waals surface area contributed by atoms with Crippen molar-refractivity contribution in [3.05, 3.63) is 48.0 Å². The fraction of sp³-hybridized carbons (Fsp3) is 0.0714. The second-order valence-corrected chi connectivity index (χ2v) is 5.82. The molecule has 0 aliphatic heterocycles. The Labute approximate surface area is 122 Å². The van der Waals surface area contributed by atoms with E-state index in [-0.39, 0.29) is 10.6 Å². The second kappa shape index (κ2) is 5.73. The van der Waals surface area contributed by atoms with Crippen molar-refractivity contribution in [2.45, 2.75) is 4.90 Å². The molecule has 0 spiro atoms. The molecule has 2 aromatic carbocycles. The van der Waals surface area contributed by atoms with E-state index in [1.54, 1.807) is 24.3 Å². The lowest BCUT2D eigenvalue weighted by Gasteiger charge is -2.12. The largest absolute Gasteiger partial charge is 0.495 e. The van der Waals surface area contributed by atoms with E-state index < -0.39 is 10.0 Å². The van der Waals surface area contributed by atoms with Crippen LogP contribution in [-0.4, -0.2) is 15.5 Å². The number of nitrogens with zero attached hydrogens (tertiary/aromatic N) is 1. The lowest BCUT2D eigenvalue weighted by atomic mass is 10.2. The minimum Gasteiger partial charge on any atom is -0.495 e. The van der Waals surface area contributed by atoms with Gasteiger partial charge in [-0.2, -0.15) is 5.26 Å². The van der Waals surface area contributed by atoms with Crippen LogP contribution in [0.15, 0.2) is 47.4 Å². The molecule has 0 aliphatic carbocycles. The molecule has 6 nitrogen and oxygen atoms in total. The zero-order chi connectivity index (χ0) is 15.5. The van der Waals surface area contributed by atoms with E-state index >= 15 is 0 Å². The number of ether oxygens (including phenoxy) is 1. The molecule has 0 heterocycles. The van der Waals surface area contributed by atoms with E-state index in [0.717, 1.165) is 0 Å². The summed E-state index contributed by atoms with van der Waals surface area (Å²) in [6, 6.07) is 12.5. The van der Waals surface area contributed by atoms with Crippen LogP contribution in [0.5, 0.6) is 5.75 Å². The molecule has 0 aliphatic rings. The Morgan fingerprint density at radius 3 is 2.57 bits per heavy atom. The van der Waals surface area contributed by atoms with E-state index in [4.69, 9.17) is 15.7 Å². The van der Waals surface area contributed by atoms with E-state index in [1.165, 1.54) is 25.3 Å². The van der Waals surface area contributed by atoms with Crippen LogP contribution in [-0.2, 0) is 10.0 Å². The molecule has 0 aromatic heterocycles. The van der Waals surface area contributed by atoms with Crippen molar-refractivity contribution < 1.29 is 13.2 Å². The number of methoxy groups -OCH3 is 1. The summed E-state index contributed by atoms with van der Waals surface area (Å²) in [5.41, 5.74) is 6.32. The topological polar surface area (TPSA) is 105 Å². The Morgan fingerprint density at radius 2 is 1.95 bits per heavy atom. The highest BCUT2D eigenvalue weighted by atomic mass is 32.2. The lowest BCUT2D eigenvalue weighted by molar-refractivity contribution is 0.417. The van der Waals surface area contributed by atoms with Crippen LogP contribution >= 0.6 is 0 Å². The van der Waals surface area contributed by atoms with Crippen molar-refractivity contribution in [1.29, 1.82) is 5.26 Å².